The minimum Gasteiger partial charge on any atom is -0.481 e. The monoisotopic (exact) mass is 572 g/mol. The van der Waals surface area contributed by atoms with Crippen molar-refractivity contribution in [3.05, 3.63) is 64.7 Å². The van der Waals surface area contributed by atoms with E-state index in [1.54, 1.807) is 0 Å². The number of carboxylic acid groups (broad SMARTS) is 1. The minimum atomic E-state index is -0.663. The van der Waals surface area contributed by atoms with E-state index in [0.717, 1.165) is 63.6 Å². The molecule has 0 aromatic heterocycles. The number of nitrogens with zero attached hydrogens (tertiary/aromatic N) is 2. The molecule has 2 heterocycles. The molecule has 39 heavy (non-hydrogen) atoms. The fourth-order valence-electron chi connectivity index (χ4n) is 5.07. The van der Waals surface area contributed by atoms with E-state index in [0.29, 0.717) is 6.42 Å². The Morgan fingerprint density at radius 3 is 2.23 bits per heavy atom. The summed E-state index contributed by atoms with van der Waals surface area (Å²) in [7, 11) is 0. The largest absolute Gasteiger partial charge is 0.481 e. The third-order valence-electron chi connectivity index (χ3n) is 7.30. The Morgan fingerprint density at radius 2 is 1.54 bits per heavy atom. The van der Waals surface area contributed by atoms with Crippen LogP contribution in [-0.2, 0) is 4.79 Å². The van der Waals surface area contributed by atoms with Gasteiger partial charge in [-0.1, -0.05) is 93.1 Å². The summed E-state index contributed by atoms with van der Waals surface area (Å²) in [6, 6.07) is 14.8. The number of hydrogen-bond acceptors (Lipinski definition) is 5. The first-order valence-corrected chi connectivity index (χ1v) is 15.8. The average molecular weight is 573 g/mol. The molecular formula is C32H45ClN2O3S. The molecule has 2 aliphatic heterocycles. The molecule has 7 heteroatoms. The maximum atomic E-state index is 10.1. The van der Waals surface area contributed by atoms with Gasteiger partial charge in [0.15, 0.2) is 0 Å². The van der Waals surface area contributed by atoms with E-state index in [-0.39, 0.29) is 6.61 Å². The van der Waals surface area contributed by atoms with Crippen molar-refractivity contribution in [2.45, 2.75) is 74.5 Å². The van der Waals surface area contributed by atoms with E-state index < -0.39 is 5.97 Å². The standard InChI is InChI=1S/C22H25ClN2OS.C10H20O2/c23-17-7-8-22-20(16-17)18(19-4-1-2-6-21(19)27-22)5-3-9-24-10-12-25(13-11-24)14-15-26;1-2-3-4-5-6-7-8-9-10(11)12/h1-2,4-8,16,26H,3,9-15H2;2-9H2,1H3,(H,11,12). The Morgan fingerprint density at radius 1 is 0.897 bits per heavy atom. The van der Waals surface area contributed by atoms with Crippen LogP contribution in [-0.4, -0.2) is 71.9 Å². The summed E-state index contributed by atoms with van der Waals surface area (Å²) in [6.07, 6.45) is 12.1. The molecule has 5 nitrogen and oxygen atoms in total. The summed E-state index contributed by atoms with van der Waals surface area (Å²) >= 11 is 8.12. The second kappa shape index (κ2) is 17.8. The van der Waals surface area contributed by atoms with Gasteiger partial charge in [0.2, 0.25) is 0 Å². The first-order valence-electron chi connectivity index (χ1n) is 14.6. The number of rotatable bonds is 13. The van der Waals surface area contributed by atoms with Crippen molar-refractivity contribution >= 4 is 34.9 Å². The average Bonchev–Trinajstić information content (AvgIpc) is 2.94. The number of fused-ring (bicyclic) bond motifs is 2. The number of carboxylic acids is 1. The molecule has 2 N–H and O–H groups in total. The lowest BCUT2D eigenvalue weighted by molar-refractivity contribution is -0.137. The normalized spacial score (nSPS) is 16.3. The van der Waals surface area contributed by atoms with Crippen LogP contribution in [0.5, 0.6) is 0 Å². The molecule has 0 saturated carbocycles. The van der Waals surface area contributed by atoms with Gasteiger partial charge in [0.25, 0.3) is 0 Å². The second-order valence-electron chi connectivity index (χ2n) is 10.3. The lowest BCUT2D eigenvalue weighted by Crippen LogP contribution is -2.47. The molecule has 4 rings (SSSR count). The van der Waals surface area contributed by atoms with Crippen LogP contribution in [0.1, 0.15) is 75.8 Å². The van der Waals surface area contributed by atoms with Crippen LogP contribution in [0.2, 0.25) is 5.02 Å². The predicted molar refractivity (Wildman–Crippen MR) is 164 cm³/mol. The summed E-state index contributed by atoms with van der Waals surface area (Å²) in [6.45, 7) is 8.58. The fourth-order valence-corrected chi connectivity index (χ4v) is 6.32. The van der Waals surface area contributed by atoms with Gasteiger partial charge in [-0.2, -0.15) is 0 Å². The van der Waals surface area contributed by atoms with Crippen LogP contribution in [0, 0.1) is 0 Å². The van der Waals surface area contributed by atoms with Gasteiger partial charge in [-0.25, -0.2) is 0 Å². The van der Waals surface area contributed by atoms with Crippen LogP contribution in [0.4, 0.5) is 0 Å². The van der Waals surface area contributed by atoms with Crippen molar-refractivity contribution in [1.82, 2.24) is 9.80 Å². The van der Waals surface area contributed by atoms with Gasteiger partial charge in [0, 0.05) is 60.5 Å². The van der Waals surface area contributed by atoms with Crippen molar-refractivity contribution in [1.29, 1.82) is 0 Å². The highest BCUT2D eigenvalue weighted by Gasteiger charge is 2.21. The molecule has 1 saturated heterocycles. The molecule has 0 aliphatic carbocycles. The Bertz CT molecular complexity index is 1050. The zero-order chi connectivity index (χ0) is 27.9. The van der Waals surface area contributed by atoms with Crippen LogP contribution < -0.4 is 0 Å². The van der Waals surface area contributed by atoms with Crippen molar-refractivity contribution in [2.75, 3.05) is 45.9 Å². The summed E-state index contributed by atoms with van der Waals surface area (Å²) < 4.78 is 0. The number of piperazine rings is 1. The molecule has 2 aromatic rings. The summed E-state index contributed by atoms with van der Waals surface area (Å²) in [5, 5.41) is 18.2. The lowest BCUT2D eigenvalue weighted by Gasteiger charge is -2.34. The molecule has 2 aromatic carbocycles. The molecular weight excluding hydrogens is 528 g/mol. The highest BCUT2D eigenvalue weighted by Crippen LogP contribution is 2.46. The van der Waals surface area contributed by atoms with Crippen LogP contribution >= 0.6 is 23.4 Å². The second-order valence-corrected chi connectivity index (χ2v) is 11.8. The lowest BCUT2D eigenvalue weighted by atomic mass is 9.96. The molecule has 0 bridgehead atoms. The van der Waals surface area contributed by atoms with Crippen LogP contribution in [0.3, 0.4) is 0 Å². The molecule has 0 spiro atoms. The molecule has 214 valence electrons. The first-order chi connectivity index (χ1) is 19.0. The van der Waals surface area contributed by atoms with Crippen molar-refractivity contribution < 1.29 is 15.0 Å². The maximum absolute atomic E-state index is 10.1. The number of aliphatic hydroxyl groups excluding tert-OH is 1. The van der Waals surface area contributed by atoms with Gasteiger partial charge >= 0.3 is 5.97 Å². The van der Waals surface area contributed by atoms with Gasteiger partial charge in [-0.05, 0) is 53.8 Å². The number of aliphatic carboxylic acids is 1. The highest BCUT2D eigenvalue weighted by atomic mass is 35.5. The quantitative estimate of drug-likeness (QED) is 0.207. The van der Waals surface area contributed by atoms with Crippen LogP contribution in [0.25, 0.3) is 5.57 Å². The smallest absolute Gasteiger partial charge is 0.303 e. The first kappa shape index (κ1) is 31.7. The van der Waals surface area contributed by atoms with E-state index in [9.17, 15) is 4.79 Å². The number of aliphatic hydroxyl groups is 1. The van der Waals surface area contributed by atoms with Crippen LogP contribution in [0.15, 0.2) is 58.3 Å². The molecule has 0 atom stereocenters. The summed E-state index contributed by atoms with van der Waals surface area (Å²) in [5.41, 5.74) is 3.87. The molecule has 0 radical (unpaired) electrons. The molecule has 2 aliphatic rings. The van der Waals surface area contributed by atoms with Gasteiger partial charge in [0.1, 0.15) is 0 Å². The van der Waals surface area contributed by atoms with Crippen molar-refractivity contribution in [2.24, 2.45) is 0 Å². The third kappa shape index (κ3) is 10.9. The Hall–Kier alpha value is -1.83. The maximum Gasteiger partial charge on any atom is 0.303 e. The minimum absolute atomic E-state index is 0.255. The number of benzene rings is 2. The van der Waals surface area contributed by atoms with Gasteiger partial charge in [0.05, 0.1) is 6.61 Å². The number of carbonyl (C=O) groups is 1. The zero-order valence-electron chi connectivity index (χ0n) is 23.4. The topological polar surface area (TPSA) is 64.0 Å². The van der Waals surface area contributed by atoms with Gasteiger partial charge in [-0.3, -0.25) is 9.69 Å². The van der Waals surface area contributed by atoms with E-state index in [1.165, 1.54) is 58.6 Å². The zero-order valence-corrected chi connectivity index (χ0v) is 25.0. The summed E-state index contributed by atoms with van der Waals surface area (Å²) in [5.74, 6) is -0.663. The number of halogens is 1. The van der Waals surface area contributed by atoms with E-state index >= 15 is 0 Å². The number of unbranched alkanes of at least 4 members (excludes halogenated alkanes) is 6. The number of hydrogen-bond donors (Lipinski definition) is 2. The molecule has 0 amide bonds. The predicted octanol–water partition coefficient (Wildman–Crippen LogP) is 7.45. The van der Waals surface area contributed by atoms with Crippen molar-refractivity contribution in [3.8, 4) is 0 Å². The Kier molecular flexibility index (Phi) is 14.4. The molecule has 1 fully saturated rings. The highest BCUT2D eigenvalue weighted by molar-refractivity contribution is 7.99. The summed E-state index contributed by atoms with van der Waals surface area (Å²) in [4.78, 5) is 17.6. The third-order valence-corrected chi connectivity index (χ3v) is 8.68. The van der Waals surface area contributed by atoms with E-state index in [4.69, 9.17) is 21.8 Å². The van der Waals surface area contributed by atoms with Gasteiger partial charge in [-0.15, -0.1) is 0 Å². The molecule has 0 unspecified atom stereocenters. The van der Waals surface area contributed by atoms with Crippen molar-refractivity contribution in [3.63, 3.8) is 0 Å². The number of β-amino-alcohol motifs (C(OH)–C–C–N with tert-alkyl or cyclic N) is 1. The van der Waals surface area contributed by atoms with Gasteiger partial charge < -0.3 is 15.1 Å². The SMILES string of the molecule is CCCCCCCCCC(=O)O.OCCN1CCN(CCC=C2c3ccccc3Sc3ccc(Cl)cc32)CC1. The fraction of sp³-hybridized carbons (Fsp3) is 0.531. The Labute approximate surface area is 244 Å². The Balaban J connectivity index is 0.000000298. The van der Waals surface area contributed by atoms with E-state index in [2.05, 4.69) is 59.2 Å². The van der Waals surface area contributed by atoms with E-state index in [1.807, 2.05) is 17.8 Å².